The summed E-state index contributed by atoms with van der Waals surface area (Å²) in [4.78, 5) is 2.14. The Hall–Kier alpha value is -4.75. The Morgan fingerprint density at radius 3 is 1.30 bits per heavy atom. The second-order valence-corrected chi connectivity index (χ2v) is 15.8. The van der Waals surface area contributed by atoms with E-state index >= 15 is 0 Å². The van der Waals surface area contributed by atoms with Gasteiger partial charge in [-0.1, -0.05) is 0 Å². The summed E-state index contributed by atoms with van der Waals surface area (Å²) >= 11 is 0. The van der Waals surface area contributed by atoms with Crippen LogP contribution in [0.4, 0.5) is 0 Å². The van der Waals surface area contributed by atoms with E-state index in [9.17, 15) is 0 Å². The molecule has 0 amide bonds. The van der Waals surface area contributed by atoms with E-state index in [1.165, 1.54) is 43.8 Å². The number of benzene rings is 6. The van der Waals surface area contributed by atoms with Gasteiger partial charge >= 0.3 is 276 Å². The molecule has 230 valence electrons. The fourth-order valence-corrected chi connectivity index (χ4v) is 11.2. The minimum atomic E-state index is -2.62. The second kappa shape index (κ2) is 15.0. The summed E-state index contributed by atoms with van der Waals surface area (Å²) in [5.74, 6) is 0.890. The standard InChI is InChI=1S/C43H42NOP/c1-44(2)32-33-45-38-30-28-37(29-31-38)43(36-20-10-4-11-21-36)42(35-18-8-3-9-19-35)34-46(39-22-12-5-13-23-39,40-24-14-6-15-25-40)41-26-16-7-17-27-41/h3-31,46H,32-34H2,1-2H3. The van der Waals surface area contributed by atoms with Crippen molar-refractivity contribution in [2.45, 2.75) is 0 Å². The Morgan fingerprint density at radius 1 is 0.478 bits per heavy atom. The molecule has 0 aliphatic rings. The number of nitrogens with zero attached hydrogens (tertiary/aromatic N) is 1. The summed E-state index contributed by atoms with van der Waals surface area (Å²) in [6.07, 6.45) is 0.889. The monoisotopic (exact) mass is 619 g/mol. The van der Waals surface area contributed by atoms with Gasteiger partial charge in [-0.3, -0.25) is 0 Å². The average molecular weight is 620 g/mol. The Balaban J connectivity index is 1.63. The zero-order valence-electron chi connectivity index (χ0n) is 26.7. The van der Waals surface area contributed by atoms with Crippen LogP contribution >= 0.6 is 7.26 Å². The van der Waals surface area contributed by atoms with Crippen molar-refractivity contribution in [2.24, 2.45) is 0 Å². The molecular formula is C43H42NOP. The van der Waals surface area contributed by atoms with E-state index in [2.05, 4.69) is 195 Å². The van der Waals surface area contributed by atoms with Crippen LogP contribution in [0.15, 0.2) is 176 Å². The molecule has 0 radical (unpaired) electrons. The molecule has 0 aliphatic heterocycles. The molecule has 6 aromatic rings. The maximum absolute atomic E-state index is 6.11. The Labute approximate surface area is 275 Å². The van der Waals surface area contributed by atoms with Crippen molar-refractivity contribution in [3.63, 3.8) is 0 Å². The van der Waals surface area contributed by atoms with E-state index in [1.54, 1.807) is 0 Å². The Morgan fingerprint density at radius 2 is 0.870 bits per heavy atom. The van der Waals surface area contributed by atoms with Crippen LogP contribution in [0.1, 0.15) is 16.7 Å². The summed E-state index contributed by atoms with van der Waals surface area (Å²) in [5, 5.41) is 4.20. The van der Waals surface area contributed by atoms with E-state index < -0.39 is 7.26 Å². The van der Waals surface area contributed by atoms with Crippen LogP contribution in [-0.4, -0.2) is 38.3 Å². The molecule has 0 saturated carbocycles. The van der Waals surface area contributed by atoms with E-state index in [0.717, 1.165) is 18.5 Å². The zero-order valence-corrected chi connectivity index (χ0v) is 27.7. The van der Waals surface area contributed by atoms with E-state index in [4.69, 9.17) is 4.74 Å². The number of hydrogen-bond acceptors (Lipinski definition) is 2. The van der Waals surface area contributed by atoms with Crippen molar-refractivity contribution in [1.29, 1.82) is 0 Å². The molecule has 0 atom stereocenters. The van der Waals surface area contributed by atoms with Gasteiger partial charge in [0, 0.05) is 0 Å². The van der Waals surface area contributed by atoms with Gasteiger partial charge in [-0.05, 0) is 0 Å². The molecule has 0 bridgehead atoms. The normalized spacial score (nSPS) is 12.4. The van der Waals surface area contributed by atoms with Crippen LogP contribution in [0.25, 0.3) is 11.1 Å². The van der Waals surface area contributed by atoms with Crippen molar-refractivity contribution in [1.82, 2.24) is 4.90 Å². The van der Waals surface area contributed by atoms with Gasteiger partial charge in [0.05, 0.1) is 0 Å². The third-order valence-corrected chi connectivity index (χ3v) is 13.5. The van der Waals surface area contributed by atoms with Gasteiger partial charge in [-0.15, -0.1) is 0 Å². The first-order valence-corrected chi connectivity index (χ1v) is 18.2. The van der Waals surface area contributed by atoms with Gasteiger partial charge in [0.25, 0.3) is 0 Å². The summed E-state index contributed by atoms with van der Waals surface area (Å²) < 4.78 is 6.11. The quantitative estimate of drug-likeness (QED) is 0.101. The molecule has 0 unspecified atom stereocenters. The van der Waals surface area contributed by atoms with Gasteiger partial charge in [0.15, 0.2) is 0 Å². The van der Waals surface area contributed by atoms with E-state index in [-0.39, 0.29) is 0 Å². The first kappa shape index (κ1) is 31.2. The molecule has 6 rings (SSSR count). The molecule has 0 spiro atoms. The third-order valence-electron chi connectivity index (χ3n) is 8.68. The molecule has 0 heterocycles. The fraction of sp³-hybridized carbons (Fsp3) is 0.116. The van der Waals surface area contributed by atoms with Gasteiger partial charge in [0.1, 0.15) is 0 Å². The molecule has 0 saturated heterocycles. The molecule has 0 fully saturated rings. The fourth-order valence-electron chi connectivity index (χ4n) is 6.40. The molecule has 0 aliphatic carbocycles. The predicted octanol–water partition coefficient (Wildman–Crippen LogP) is 8.31. The molecule has 0 aromatic heterocycles. The molecule has 46 heavy (non-hydrogen) atoms. The summed E-state index contributed by atoms with van der Waals surface area (Å²) in [6.45, 7) is 1.53. The molecule has 6 aromatic carbocycles. The van der Waals surface area contributed by atoms with Gasteiger partial charge in [-0.2, -0.15) is 0 Å². The number of ether oxygens (including phenoxy) is 1. The molecule has 0 N–H and O–H groups in total. The number of rotatable bonds is 12. The van der Waals surface area contributed by atoms with E-state index in [1.807, 2.05) is 0 Å². The predicted molar refractivity (Wildman–Crippen MR) is 201 cm³/mol. The SMILES string of the molecule is CN(C)CCOc1ccc(C(=C(C[PH](c2ccccc2)(c2ccccc2)c2ccccc2)c2ccccc2)c2ccccc2)cc1. The van der Waals surface area contributed by atoms with Crippen LogP contribution in [0.2, 0.25) is 0 Å². The van der Waals surface area contributed by atoms with Gasteiger partial charge in [-0.25, -0.2) is 0 Å². The number of likely N-dealkylation sites (N-methyl/N-ethyl adjacent to an activating group) is 1. The van der Waals surface area contributed by atoms with Crippen LogP contribution in [0.3, 0.4) is 0 Å². The third kappa shape index (κ3) is 7.05. The van der Waals surface area contributed by atoms with Crippen LogP contribution in [-0.2, 0) is 0 Å². The van der Waals surface area contributed by atoms with Crippen LogP contribution < -0.4 is 20.7 Å². The minimum absolute atomic E-state index is 0.655. The summed E-state index contributed by atoms with van der Waals surface area (Å²) in [7, 11) is 1.51. The van der Waals surface area contributed by atoms with Crippen LogP contribution in [0.5, 0.6) is 5.75 Å². The Bertz CT molecular complexity index is 1720. The number of allylic oxidation sites excluding steroid dienone is 1. The van der Waals surface area contributed by atoms with Crippen molar-refractivity contribution in [3.05, 3.63) is 193 Å². The van der Waals surface area contributed by atoms with Crippen molar-refractivity contribution in [3.8, 4) is 5.75 Å². The van der Waals surface area contributed by atoms with Crippen molar-refractivity contribution in [2.75, 3.05) is 33.4 Å². The average Bonchev–Trinajstić information content (AvgIpc) is 3.12. The van der Waals surface area contributed by atoms with Crippen molar-refractivity contribution < 1.29 is 4.74 Å². The number of hydrogen-bond donors (Lipinski definition) is 0. The Kier molecular flexibility index (Phi) is 10.2. The summed E-state index contributed by atoms with van der Waals surface area (Å²) in [6, 6.07) is 64.2. The first-order chi connectivity index (χ1) is 22.6. The molecule has 2 nitrogen and oxygen atoms in total. The van der Waals surface area contributed by atoms with Gasteiger partial charge in [0.2, 0.25) is 0 Å². The first-order valence-electron chi connectivity index (χ1n) is 16.0. The second-order valence-electron chi connectivity index (χ2n) is 11.9. The maximum atomic E-state index is 6.11. The van der Waals surface area contributed by atoms with Crippen LogP contribution in [0, 0.1) is 0 Å². The van der Waals surface area contributed by atoms with E-state index in [0.29, 0.717) is 6.61 Å². The summed E-state index contributed by atoms with van der Waals surface area (Å²) in [5.41, 5.74) is 6.23. The molecule has 3 heteroatoms. The topological polar surface area (TPSA) is 12.5 Å². The zero-order chi connectivity index (χ0) is 31.6. The molecular weight excluding hydrogens is 577 g/mol. The van der Waals surface area contributed by atoms with Gasteiger partial charge < -0.3 is 0 Å². The van der Waals surface area contributed by atoms with Crippen molar-refractivity contribution >= 4 is 34.3 Å².